The molecule has 1 amide bonds. The summed E-state index contributed by atoms with van der Waals surface area (Å²) in [5.74, 6) is 0.244. The largest absolute Gasteiger partial charge is 0.339 e. The van der Waals surface area contributed by atoms with Gasteiger partial charge in [-0.1, -0.05) is 18.2 Å². The molecule has 1 aromatic rings. The van der Waals surface area contributed by atoms with Crippen LogP contribution in [0, 0.1) is 11.3 Å². The van der Waals surface area contributed by atoms with Crippen LogP contribution >= 0.6 is 0 Å². The van der Waals surface area contributed by atoms with Crippen molar-refractivity contribution in [3.63, 3.8) is 0 Å². The number of hydrogen-bond donors (Lipinski definition) is 0. The van der Waals surface area contributed by atoms with E-state index in [1.807, 2.05) is 29.2 Å². The highest BCUT2D eigenvalue weighted by molar-refractivity contribution is 5.76. The number of hydrogen-bond acceptors (Lipinski definition) is 4. The van der Waals surface area contributed by atoms with Crippen molar-refractivity contribution in [3.05, 3.63) is 48.0 Å². The van der Waals surface area contributed by atoms with E-state index in [0.29, 0.717) is 18.5 Å². The lowest BCUT2D eigenvalue weighted by molar-refractivity contribution is -0.130. The van der Waals surface area contributed by atoms with E-state index in [-0.39, 0.29) is 11.4 Å². The Morgan fingerprint density at radius 3 is 2.92 bits per heavy atom. The lowest BCUT2D eigenvalue weighted by atomic mass is 9.86. The number of rotatable bonds is 4. The molecule has 2 heterocycles. The Hall–Kier alpha value is -2.16. The van der Waals surface area contributed by atoms with Crippen molar-refractivity contribution in [1.29, 1.82) is 5.26 Å². The summed E-state index contributed by atoms with van der Waals surface area (Å²) in [4.78, 5) is 19.3. The molecule has 0 aliphatic carbocycles. The van der Waals surface area contributed by atoms with E-state index in [1.54, 1.807) is 0 Å². The molecule has 0 radical (unpaired) electrons. The molecule has 2 aliphatic heterocycles. The Morgan fingerprint density at radius 1 is 1.31 bits per heavy atom. The van der Waals surface area contributed by atoms with Gasteiger partial charge in [-0.25, -0.2) is 0 Å². The molecule has 5 heteroatoms. The van der Waals surface area contributed by atoms with Crippen LogP contribution in [0.25, 0.3) is 0 Å². The Labute approximate surface area is 156 Å². The standard InChI is InChI=1S/C21H28N4O/c1-3-10-25-11-9-21(8-7-20(25)26)17-24(13-12-23(21)2)16-19-6-4-5-18(14-19)15-22/h3-6,14H,1,7-13,16-17H2,2H3. The number of amides is 1. The molecule has 5 nitrogen and oxygen atoms in total. The molecule has 0 N–H and O–H groups in total. The van der Waals surface area contributed by atoms with Crippen molar-refractivity contribution in [1.82, 2.24) is 14.7 Å². The normalized spacial score (nSPS) is 25.1. The Morgan fingerprint density at radius 2 is 2.15 bits per heavy atom. The monoisotopic (exact) mass is 352 g/mol. The van der Waals surface area contributed by atoms with E-state index in [2.05, 4.69) is 35.6 Å². The van der Waals surface area contributed by atoms with Gasteiger partial charge in [-0.3, -0.25) is 14.6 Å². The molecule has 0 saturated carbocycles. The number of likely N-dealkylation sites (tertiary alicyclic amines) is 1. The maximum atomic E-state index is 12.4. The van der Waals surface area contributed by atoms with Crippen LogP contribution in [0.5, 0.6) is 0 Å². The highest BCUT2D eigenvalue weighted by Crippen LogP contribution is 2.32. The van der Waals surface area contributed by atoms with Gasteiger partial charge in [-0.05, 0) is 37.6 Å². The van der Waals surface area contributed by atoms with Gasteiger partial charge in [-0.15, -0.1) is 6.58 Å². The highest BCUT2D eigenvalue weighted by Gasteiger charge is 2.41. The molecule has 2 fully saturated rings. The number of likely N-dealkylation sites (N-methyl/N-ethyl adjacent to an activating group) is 1. The maximum absolute atomic E-state index is 12.4. The van der Waals surface area contributed by atoms with Crippen LogP contribution in [-0.2, 0) is 11.3 Å². The van der Waals surface area contributed by atoms with E-state index in [1.165, 1.54) is 5.56 Å². The first-order chi connectivity index (χ1) is 12.6. The van der Waals surface area contributed by atoms with Gasteiger partial charge in [0.1, 0.15) is 0 Å². The van der Waals surface area contributed by atoms with E-state index in [4.69, 9.17) is 5.26 Å². The summed E-state index contributed by atoms with van der Waals surface area (Å²) in [6.07, 6.45) is 4.33. The van der Waals surface area contributed by atoms with Crippen LogP contribution in [-0.4, -0.2) is 65.9 Å². The SMILES string of the molecule is C=CCN1CCC2(CCC1=O)CN(Cc1cccc(C#N)c1)CCN2C. The molecule has 1 spiro atoms. The minimum atomic E-state index is 0.0523. The second kappa shape index (κ2) is 8.03. The van der Waals surface area contributed by atoms with Crippen molar-refractivity contribution in [2.75, 3.05) is 39.8 Å². The molecular formula is C21H28N4O. The van der Waals surface area contributed by atoms with Crippen LogP contribution in [0.4, 0.5) is 0 Å². The second-order valence-electron chi connectivity index (χ2n) is 7.55. The minimum Gasteiger partial charge on any atom is -0.339 e. The third-order valence-electron chi connectivity index (χ3n) is 5.90. The second-order valence-corrected chi connectivity index (χ2v) is 7.55. The third kappa shape index (κ3) is 3.98. The molecule has 138 valence electrons. The van der Waals surface area contributed by atoms with Crippen LogP contribution in [0.15, 0.2) is 36.9 Å². The van der Waals surface area contributed by atoms with Crippen LogP contribution in [0.3, 0.4) is 0 Å². The summed E-state index contributed by atoms with van der Waals surface area (Å²) in [6, 6.07) is 10.1. The number of benzene rings is 1. The molecule has 0 bridgehead atoms. The first kappa shape index (κ1) is 18.6. The Bertz CT molecular complexity index is 710. The van der Waals surface area contributed by atoms with Crippen LogP contribution < -0.4 is 0 Å². The lowest BCUT2D eigenvalue weighted by Crippen LogP contribution is -2.60. The molecule has 2 aliphatic rings. The van der Waals surface area contributed by atoms with Crippen LogP contribution in [0.2, 0.25) is 0 Å². The Balaban J connectivity index is 1.72. The van der Waals surface area contributed by atoms with Gasteiger partial charge in [0, 0.05) is 51.2 Å². The van der Waals surface area contributed by atoms with E-state index >= 15 is 0 Å². The summed E-state index contributed by atoms with van der Waals surface area (Å²) in [5, 5.41) is 9.11. The van der Waals surface area contributed by atoms with Gasteiger partial charge in [0.25, 0.3) is 0 Å². The topological polar surface area (TPSA) is 50.6 Å². The molecule has 1 atom stereocenters. The molecule has 26 heavy (non-hydrogen) atoms. The summed E-state index contributed by atoms with van der Waals surface area (Å²) in [7, 11) is 2.20. The molecule has 3 rings (SSSR count). The molecule has 1 aromatic carbocycles. The summed E-state index contributed by atoms with van der Waals surface area (Å²) < 4.78 is 0. The maximum Gasteiger partial charge on any atom is 0.222 e. The molecule has 0 aromatic heterocycles. The van der Waals surface area contributed by atoms with Crippen molar-refractivity contribution in [3.8, 4) is 6.07 Å². The number of nitrogens with zero attached hydrogens (tertiary/aromatic N) is 4. The van der Waals surface area contributed by atoms with Crippen molar-refractivity contribution >= 4 is 5.91 Å². The van der Waals surface area contributed by atoms with E-state index in [0.717, 1.165) is 45.6 Å². The minimum absolute atomic E-state index is 0.0523. The summed E-state index contributed by atoms with van der Waals surface area (Å²) in [6.45, 7) is 9.06. The van der Waals surface area contributed by atoms with Gasteiger partial charge in [0.15, 0.2) is 0 Å². The molecular weight excluding hydrogens is 324 g/mol. The van der Waals surface area contributed by atoms with Gasteiger partial charge < -0.3 is 4.90 Å². The number of carbonyl (C=O) groups excluding carboxylic acids is 1. The number of carbonyl (C=O) groups is 1. The zero-order valence-electron chi connectivity index (χ0n) is 15.7. The first-order valence-corrected chi connectivity index (χ1v) is 9.38. The van der Waals surface area contributed by atoms with Gasteiger partial charge in [0.05, 0.1) is 11.6 Å². The quantitative estimate of drug-likeness (QED) is 0.780. The average Bonchev–Trinajstić information content (AvgIpc) is 2.80. The molecule has 1 unspecified atom stereocenters. The van der Waals surface area contributed by atoms with Crippen molar-refractivity contribution in [2.24, 2.45) is 0 Å². The predicted octanol–water partition coefficient (Wildman–Crippen LogP) is 2.24. The van der Waals surface area contributed by atoms with Gasteiger partial charge >= 0.3 is 0 Å². The Kier molecular flexibility index (Phi) is 5.75. The zero-order valence-corrected chi connectivity index (χ0v) is 15.7. The number of nitriles is 1. The summed E-state index contributed by atoms with van der Waals surface area (Å²) in [5.41, 5.74) is 1.95. The number of piperazine rings is 1. The third-order valence-corrected chi connectivity index (χ3v) is 5.90. The van der Waals surface area contributed by atoms with Crippen molar-refractivity contribution in [2.45, 2.75) is 31.3 Å². The first-order valence-electron chi connectivity index (χ1n) is 9.38. The average molecular weight is 352 g/mol. The smallest absolute Gasteiger partial charge is 0.222 e. The van der Waals surface area contributed by atoms with E-state index < -0.39 is 0 Å². The zero-order chi connectivity index (χ0) is 18.6. The van der Waals surface area contributed by atoms with Crippen molar-refractivity contribution < 1.29 is 4.79 Å². The van der Waals surface area contributed by atoms with Gasteiger partial charge in [-0.2, -0.15) is 5.26 Å². The highest BCUT2D eigenvalue weighted by atomic mass is 16.2. The fraction of sp³-hybridized carbons (Fsp3) is 0.524. The fourth-order valence-corrected chi connectivity index (χ4v) is 4.26. The van der Waals surface area contributed by atoms with Gasteiger partial charge in [0.2, 0.25) is 5.91 Å². The molecule has 2 saturated heterocycles. The predicted molar refractivity (Wildman–Crippen MR) is 102 cm³/mol. The van der Waals surface area contributed by atoms with E-state index in [9.17, 15) is 4.79 Å². The van der Waals surface area contributed by atoms with Crippen LogP contribution in [0.1, 0.15) is 30.4 Å². The fourth-order valence-electron chi connectivity index (χ4n) is 4.26. The summed E-state index contributed by atoms with van der Waals surface area (Å²) >= 11 is 0. The lowest BCUT2D eigenvalue weighted by Gasteiger charge is -2.49.